The number of benzene rings is 2. The first-order valence-electron chi connectivity index (χ1n) is 8.65. The Bertz CT molecular complexity index is 1030. The van der Waals surface area contributed by atoms with Crippen molar-refractivity contribution >= 4 is 28.7 Å². The number of fused-ring (bicyclic) bond motifs is 1. The highest BCUT2D eigenvalue weighted by molar-refractivity contribution is 6.31. The predicted octanol–water partition coefficient (Wildman–Crippen LogP) is 5.00. The van der Waals surface area contributed by atoms with E-state index in [1.54, 1.807) is 18.2 Å². The van der Waals surface area contributed by atoms with Crippen LogP contribution >= 0.6 is 11.6 Å². The fourth-order valence-corrected chi connectivity index (χ4v) is 3.27. The van der Waals surface area contributed by atoms with Crippen molar-refractivity contribution in [2.24, 2.45) is 5.92 Å². The third kappa shape index (κ3) is 4.14. The van der Waals surface area contributed by atoms with Crippen LogP contribution in [-0.4, -0.2) is 11.2 Å². The number of hydrogen-bond donors (Lipinski definition) is 2. The van der Waals surface area contributed by atoms with Gasteiger partial charge < -0.3 is 14.8 Å². The van der Waals surface area contributed by atoms with Gasteiger partial charge in [-0.15, -0.1) is 0 Å². The summed E-state index contributed by atoms with van der Waals surface area (Å²) in [7, 11) is 0. The van der Waals surface area contributed by atoms with Gasteiger partial charge in [0.1, 0.15) is 11.3 Å². The minimum atomic E-state index is -1.17. The second-order valence-corrected chi connectivity index (χ2v) is 7.18. The number of rotatable bonds is 5. The first kappa shape index (κ1) is 19.0. The standard InChI is InChI=1S/C21H20ClNO4/c1-12(2)18(23-21(25)26)20-16(10-13-6-4-3-5-7-13)19(24)15-9-8-14(22)11-17(15)27-20/h3-9,11-12,18,23H,10H2,1-2H3,(H,25,26). The van der Waals surface area contributed by atoms with Crippen LogP contribution in [-0.2, 0) is 6.42 Å². The summed E-state index contributed by atoms with van der Waals surface area (Å²) in [5.74, 6) is 0.214. The molecule has 0 fully saturated rings. The lowest BCUT2D eigenvalue weighted by atomic mass is 9.93. The Hall–Kier alpha value is -2.79. The van der Waals surface area contributed by atoms with Gasteiger partial charge in [0.05, 0.1) is 11.4 Å². The molecule has 0 aliphatic carbocycles. The van der Waals surface area contributed by atoms with Crippen molar-refractivity contribution in [3.63, 3.8) is 0 Å². The average Bonchev–Trinajstić information content (AvgIpc) is 2.62. The van der Waals surface area contributed by atoms with E-state index in [0.717, 1.165) is 5.56 Å². The summed E-state index contributed by atoms with van der Waals surface area (Å²) < 4.78 is 6.04. The van der Waals surface area contributed by atoms with Crippen LogP contribution < -0.4 is 10.7 Å². The molecule has 3 aromatic rings. The Kier molecular flexibility index (Phi) is 5.51. The van der Waals surface area contributed by atoms with Crippen LogP contribution in [0.15, 0.2) is 57.7 Å². The van der Waals surface area contributed by atoms with Gasteiger partial charge in [0, 0.05) is 23.1 Å². The molecule has 140 valence electrons. The second-order valence-electron chi connectivity index (χ2n) is 6.75. The molecule has 0 spiro atoms. The molecule has 0 saturated carbocycles. The van der Waals surface area contributed by atoms with E-state index < -0.39 is 12.1 Å². The summed E-state index contributed by atoms with van der Waals surface area (Å²) >= 11 is 6.05. The summed E-state index contributed by atoms with van der Waals surface area (Å²) in [5, 5.41) is 12.6. The van der Waals surface area contributed by atoms with Crippen LogP contribution in [0.4, 0.5) is 4.79 Å². The van der Waals surface area contributed by atoms with Crippen molar-refractivity contribution in [3.8, 4) is 0 Å². The number of hydrogen-bond acceptors (Lipinski definition) is 3. The minimum Gasteiger partial charge on any atom is -0.465 e. The fraction of sp³-hybridized carbons (Fsp3) is 0.238. The molecule has 2 aromatic carbocycles. The SMILES string of the molecule is CC(C)C(NC(=O)O)c1oc2cc(Cl)ccc2c(=O)c1Cc1ccccc1. The molecule has 3 rings (SSSR count). The molecule has 1 heterocycles. The van der Waals surface area contributed by atoms with E-state index in [0.29, 0.717) is 33.7 Å². The summed E-state index contributed by atoms with van der Waals surface area (Å²) in [6, 6.07) is 13.7. The summed E-state index contributed by atoms with van der Waals surface area (Å²) in [6.45, 7) is 3.74. The Morgan fingerprint density at radius 2 is 1.89 bits per heavy atom. The quantitative estimate of drug-likeness (QED) is 0.647. The first-order chi connectivity index (χ1) is 12.9. The topological polar surface area (TPSA) is 79.5 Å². The third-order valence-electron chi connectivity index (χ3n) is 4.43. The Morgan fingerprint density at radius 3 is 2.52 bits per heavy atom. The van der Waals surface area contributed by atoms with Gasteiger partial charge in [0.2, 0.25) is 0 Å². The minimum absolute atomic E-state index is 0.115. The molecule has 1 aromatic heterocycles. The Morgan fingerprint density at radius 1 is 1.19 bits per heavy atom. The van der Waals surface area contributed by atoms with E-state index in [4.69, 9.17) is 16.0 Å². The summed E-state index contributed by atoms with van der Waals surface area (Å²) in [6.07, 6.45) is -0.824. The average molecular weight is 386 g/mol. The predicted molar refractivity (Wildman–Crippen MR) is 105 cm³/mol. The van der Waals surface area contributed by atoms with Crippen molar-refractivity contribution in [2.75, 3.05) is 0 Å². The zero-order chi connectivity index (χ0) is 19.6. The van der Waals surface area contributed by atoms with Crippen LogP contribution in [0.25, 0.3) is 11.0 Å². The van der Waals surface area contributed by atoms with Gasteiger partial charge in [0.15, 0.2) is 5.43 Å². The molecule has 1 atom stereocenters. The summed E-state index contributed by atoms with van der Waals surface area (Å²) in [5.41, 5.74) is 1.56. The molecular weight excluding hydrogens is 366 g/mol. The monoisotopic (exact) mass is 385 g/mol. The number of amides is 1. The van der Waals surface area contributed by atoms with Gasteiger partial charge in [0.25, 0.3) is 0 Å². The molecule has 0 aliphatic heterocycles. The molecule has 27 heavy (non-hydrogen) atoms. The molecule has 0 radical (unpaired) electrons. The van der Waals surface area contributed by atoms with E-state index >= 15 is 0 Å². The maximum atomic E-state index is 13.2. The van der Waals surface area contributed by atoms with Gasteiger partial charge in [-0.1, -0.05) is 55.8 Å². The van der Waals surface area contributed by atoms with Crippen molar-refractivity contribution in [1.82, 2.24) is 5.32 Å². The molecule has 1 amide bonds. The number of halogens is 1. The molecule has 2 N–H and O–H groups in total. The highest BCUT2D eigenvalue weighted by Gasteiger charge is 2.26. The molecule has 6 heteroatoms. The van der Waals surface area contributed by atoms with Gasteiger partial charge in [-0.25, -0.2) is 4.79 Å². The van der Waals surface area contributed by atoms with Crippen LogP contribution in [0.3, 0.4) is 0 Å². The lowest BCUT2D eigenvalue weighted by Crippen LogP contribution is -2.32. The fourth-order valence-electron chi connectivity index (χ4n) is 3.11. The Labute approximate surface area is 161 Å². The van der Waals surface area contributed by atoms with Crippen molar-refractivity contribution in [3.05, 3.63) is 80.7 Å². The third-order valence-corrected chi connectivity index (χ3v) is 4.67. The molecular formula is C21H20ClNO4. The Balaban J connectivity index is 2.25. The van der Waals surface area contributed by atoms with Crippen LogP contribution in [0.2, 0.25) is 5.02 Å². The molecule has 0 bridgehead atoms. The normalized spacial score (nSPS) is 12.3. The molecule has 1 unspecified atom stereocenters. The van der Waals surface area contributed by atoms with Gasteiger partial charge in [-0.3, -0.25) is 4.79 Å². The maximum Gasteiger partial charge on any atom is 0.405 e. The maximum absolute atomic E-state index is 13.2. The van der Waals surface area contributed by atoms with Crippen LogP contribution in [0.1, 0.15) is 36.8 Å². The highest BCUT2D eigenvalue weighted by atomic mass is 35.5. The first-order valence-corrected chi connectivity index (χ1v) is 9.03. The largest absolute Gasteiger partial charge is 0.465 e. The van der Waals surface area contributed by atoms with Gasteiger partial charge in [-0.2, -0.15) is 0 Å². The summed E-state index contributed by atoms with van der Waals surface area (Å²) in [4.78, 5) is 24.5. The molecule has 5 nitrogen and oxygen atoms in total. The van der Waals surface area contributed by atoms with Crippen molar-refractivity contribution in [1.29, 1.82) is 0 Å². The highest BCUT2D eigenvalue weighted by Crippen LogP contribution is 2.29. The molecule has 0 aliphatic rings. The van der Waals surface area contributed by atoms with Crippen LogP contribution in [0, 0.1) is 5.92 Å². The lowest BCUT2D eigenvalue weighted by Gasteiger charge is -2.22. The van der Waals surface area contributed by atoms with E-state index in [1.165, 1.54) is 0 Å². The number of carboxylic acid groups (broad SMARTS) is 1. The van der Waals surface area contributed by atoms with Crippen molar-refractivity contribution in [2.45, 2.75) is 26.3 Å². The number of carbonyl (C=O) groups is 1. The van der Waals surface area contributed by atoms with Crippen LogP contribution in [0.5, 0.6) is 0 Å². The lowest BCUT2D eigenvalue weighted by molar-refractivity contribution is 0.183. The van der Waals surface area contributed by atoms with E-state index in [2.05, 4.69) is 5.32 Å². The second kappa shape index (κ2) is 7.84. The zero-order valence-corrected chi connectivity index (χ0v) is 15.8. The van der Waals surface area contributed by atoms with E-state index in [1.807, 2.05) is 44.2 Å². The van der Waals surface area contributed by atoms with Gasteiger partial charge >= 0.3 is 6.09 Å². The number of nitrogens with one attached hydrogen (secondary N) is 1. The molecule has 0 saturated heterocycles. The van der Waals surface area contributed by atoms with Crippen molar-refractivity contribution < 1.29 is 14.3 Å². The van der Waals surface area contributed by atoms with Gasteiger partial charge in [-0.05, 0) is 23.6 Å². The zero-order valence-electron chi connectivity index (χ0n) is 15.0. The smallest absolute Gasteiger partial charge is 0.405 e. The van der Waals surface area contributed by atoms with E-state index in [-0.39, 0.29) is 11.3 Å². The van der Waals surface area contributed by atoms with E-state index in [9.17, 15) is 14.7 Å².